The smallest absolute Gasteiger partial charge is 0.342 e. The van der Waals surface area contributed by atoms with Crippen LogP contribution in [0.15, 0.2) is 24.3 Å². The summed E-state index contributed by atoms with van der Waals surface area (Å²) >= 11 is 0. The molecule has 158 valence electrons. The van der Waals surface area contributed by atoms with Crippen molar-refractivity contribution in [2.45, 2.75) is 56.9 Å². The number of halogens is 3. The van der Waals surface area contributed by atoms with Gasteiger partial charge in [-0.05, 0) is 30.5 Å². The summed E-state index contributed by atoms with van der Waals surface area (Å²) in [6.07, 6.45) is 0.904. The zero-order valence-corrected chi connectivity index (χ0v) is 16.3. The van der Waals surface area contributed by atoms with Crippen molar-refractivity contribution in [3.05, 3.63) is 35.4 Å². The fraction of sp³-hybridized carbons (Fsp3) is 0.619. The minimum absolute atomic E-state index is 0.113. The monoisotopic (exact) mass is 409 g/mol. The van der Waals surface area contributed by atoms with E-state index in [0.29, 0.717) is 31.5 Å². The van der Waals surface area contributed by atoms with Gasteiger partial charge in [0.25, 0.3) is 0 Å². The standard InChI is InChI=1S/C21H26F3N3O2/c22-21(23,24)17-7-3-4-15(12-17)14-27-18(28)13-25-20(27)8-10-26(11-9-20)19(29)16-5-1-2-6-16/h3-4,7,12,16,25H,1-2,5-6,8-11,13-14H2. The zero-order chi connectivity index (χ0) is 20.6. The van der Waals surface area contributed by atoms with Crippen LogP contribution in [0.1, 0.15) is 49.7 Å². The molecule has 29 heavy (non-hydrogen) atoms. The van der Waals surface area contributed by atoms with Crippen LogP contribution in [0.25, 0.3) is 0 Å². The van der Waals surface area contributed by atoms with Gasteiger partial charge in [0.05, 0.1) is 17.8 Å². The molecule has 0 bridgehead atoms. The molecule has 2 saturated heterocycles. The minimum atomic E-state index is -4.41. The third kappa shape index (κ3) is 3.99. The highest BCUT2D eigenvalue weighted by Gasteiger charge is 2.47. The van der Waals surface area contributed by atoms with E-state index in [4.69, 9.17) is 0 Å². The Labute approximate surface area is 168 Å². The van der Waals surface area contributed by atoms with Crippen LogP contribution >= 0.6 is 0 Å². The van der Waals surface area contributed by atoms with Gasteiger partial charge >= 0.3 is 6.18 Å². The lowest BCUT2D eigenvalue weighted by atomic mass is 9.94. The van der Waals surface area contributed by atoms with Crippen molar-refractivity contribution in [2.24, 2.45) is 5.92 Å². The maximum atomic E-state index is 13.0. The lowest BCUT2D eigenvalue weighted by Gasteiger charge is -2.45. The average molecular weight is 409 g/mol. The van der Waals surface area contributed by atoms with Gasteiger partial charge in [-0.1, -0.05) is 25.0 Å². The highest BCUT2D eigenvalue weighted by atomic mass is 19.4. The van der Waals surface area contributed by atoms with Crippen LogP contribution in [0, 0.1) is 5.92 Å². The topological polar surface area (TPSA) is 52.7 Å². The van der Waals surface area contributed by atoms with Crippen molar-refractivity contribution in [1.29, 1.82) is 0 Å². The molecular formula is C21H26F3N3O2. The van der Waals surface area contributed by atoms with E-state index < -0.39 is 17.4 Å². The summed E-state index contributed by atoms with van der Waals surface area (Å²) < 4.78 is 39.1. The van der Waals surface area contributed by atoms with E-state index >= 15 is 0 Å². The summed E-state index contributed by atoms with van der Waals surface area (Å²) in [5.74, 6) is 0.229. The number of alkyl halides is 3. The largest absolute Gasteiger partial charge is 0.416 e. The van der Waals surface area contributed by atoms with Crippen molar-refractivity contribution in [3.63, 3.8) is 0 Å². The second kappa shape index (κ2) is 7.63. The van der Waals surface area contributed by atoms with Crippen LogP contribution in [0.5, 0.6) is 0 Å². The summed E-state index contributed by atoms with van der Waals surface area (Å²) in [5, 5.41) is 3.28. The van der Waals surface area contributed by atoms with Crippen LogP contribution in [-0.2, 0) is 22.3 Å². The molecule has 3 aliphatic rings. The molecule has 1 aliphatic carbocycles. The van der Waals surface area contributed by atoms with Crippen LogP contribution in [0.4, 0.5) is 13.2 Å². The summed E-state index contributed by atoms with van der Waals surface area (Å²) in [6.45, 7) is 1.44. The lowest BCUT2D eigenvalue weighted by Crippen LogP contribution is -2.59. The van der Waals surface area contributed by atoms with Gasteiger partial charge in [0.1, 0.15) is 0 Å². The Kier molecular flexibility index (Phi) is 5.31. The summed E-state index contributed by atoms with van der Waals surface area (Å²) in [5.41, 5.74) is -0.834. The Hall–Kier alpha value is -2.09. The Morgan fingerprint density at radius 2 is 1.86 bits per heavy atom. The normalized spacial score (nSPS) is 22.7. The third-order valence-corrected chi connectivity index (χ3v) is 6.59. The van der Waals surface area contributed by atoms with Crippen molar-refractivity contribution >= 4 is 11.8 Å². The Balaban J connectivity index is 1.45. The predicted molar refractivity (Wildman–Crippen MR) is 100 cm³/mol. The number of carbonyl (C=O) groups is 2. The molecule has 3 fully saturated rings. The van der Waals surface area contributed by atoms with Crippen LogP contribution in [0.2, 0.25) is 0 Å². The molecule has 4 rings (SSSR count). The molecule has 5 nitrogen and oxygen atoms in total. The van der Waals surface area contributed by atoms with Gasteiger partial charge in [0.2, 0.25) is 11.8 Å². The number of rotatable bonds is 3. The van der Waals surface area contributed by atoms with Crippen LogP contribution in [0.3, 0.4) is 0 Å². The van der Waals surface area contributed by atoms with Crippen LogP contribution < -0.4 is 5.32 Å². The molecule has 8 heteroatoms. The first-order chi connectivity index (χ1) is 13.8. The summed E-state index contributed by atoms with van der Waals surface area (Å²) in [7, 11) is 0. The van der Waals surface area contributed by atoms with Crippen molar-refractivity contribution in [2.75, 3.05) is 19.6 Å². The number of carbonyl (C=O) groups excluding carboxylic acids is 2. The highest BCUT2D eigenvalue weighted by Crippen LogP contribution is 2.35. The molecule has 0 radical (unpaired) electrons. The molecule has 1 aromatic carbocycles. The second-order valence-electron chi connectivity index (χ2n) is 8.37. The first-order valence-electron chi connectivity index (χ1n) is 10.3. The van der Waals surface area contributed by atoms with E-state index in [-0.39, 0.29) is 30.8 Å². The van der Waals surface area contributed by atoms with Crippen LogP contribution in [-0.4, -0.2) is 46.9 Å². The molecule has 2 aliphatic heterocycles. The number of nitrogens with one attached hydrogen (secondary N) is 1. The molecule has 1 saturated carbocycles. The number of hydrogen-bond donors (Lipinski definition) is 1. The van der Waals surface area contributed by atoms with E-state index in [1.165, 1.54) is 6.07 Å². The van der Waals surface area contributed by atoms with E-state index in [1.54, 1.807) is 11.0 Å². The number of amides is 2. The maximum Gasteiger partial charge on any atom is 0.416 e. The summed E-state index contributed by atoms with van der Waals surface area (Å²) in [4.78, 5) is 28.8. The van der Waals surface area contributed by atoms with Gasteiger partial charge in [-0.3, -0.25) is 14.9 Å². The van der Waals surface area contributed by atoms with Crippen molar-refractivity contribution in [3.8, 4) is 0 Å². The molecule has 1 aromatic rings. The second-order valence-corrected chi connectivity index (χ2v) is 8.37. The molecule has 0 aromatic heterocycles. The van der Waals surface area contributed by atoms with Gasteiger partial charge in [0.15, 0.2) is 0 Å². The number of nitrogens with zero attached hydrogens (tertiary/aromatic N) is 2. The molecule has 1 spiro atoms. The molecule has 1 N–H and O–H groups in total. The summed E-state index contributed by atoms with van der Waals surface area (Å²) in [6, 6.07) is 5.14. The SMILES string of the molecule is O=C(C1CCCC1)N1CCC2(CC1)NCC(=O)N2Cc1cccc(C(F)(F)F)c1. The molecule has 2 heterocycles. The number of likely N-dealkylation sites (tertiary alicyclic amines) is 1. The quantitative estimate of drug-likeness (QED) is 0.835. The number of piperidine rings is 1. The number of benzene rings is 1. The van der Waals surface area contributed by atoms with Gasteiger partial charge in [-0.2, -0.15) is 13.2 Å². The van der Waals surface area contributed by atoms with Gasteiger partial charge < -0.3 is 9.80 Å². The predicted octanol–water partition coefficient (Wildman–Crippen LogP) is 3.15. The van der Waals surface area contributed by atoms with E-state index in [0.717, 1.165) is 37.8 Å². The maximum absolute atomic E-state index is 13.0. The fourth-order valence-corrected chi connectivity index (χ4v) is 4.91. The Morgan fingerprint density at radius 3 is 2.52 bits per heavy atom. The Bertz CT molecular complexity index is 782. The van der Waals surface area contributed by atoms with E-state index in [2.05, 4.69) is 5.32 Å². The Morgan fingerprint density at radius 1 is 1.17 bits per heavy atom. The van der Waals surface area contributed by atoms with Crippen molar-refractivity contribution < 1.29 is 22.8 Å². The van der Waals surface area contributed by atoms with E-state index in [9.17, 15) is 22.8 Å². The van der Waals surface area contributed by atoms with Gasteiger partial charge in [-0.15, -0.1) is 0 Å². The van der Waals surface area contributed by atoms with Gasteiger partial charge in [0, 0.05) is 38.4 Å². The fourth-order valence-electron chi connectivity index (χ4n) is 4.91. The van der Waals surface area contributed by atoms with E-state index in [1.807, 2.05) is 4.90 Å². The first-order valence-corrected chi connectivity index (χ1v) is 10.3. The lowest BCUT2D eigenvalue weighted by molar-refractivity contribution is -0.140. The van der Waals surface area contributed by atoms with Gasteiger partial charge in [-0.25, -0.2) is 0 Å². The molecule has 0 atom stereocenters. The zero-order valence-electron chi connectivity index (χ0n) is 16.3. The molecule has 2 amide bonds. The third-order valence-electron chi connectivity index (χ3n) is 6.59. The van der Waals surface area contributed by atoms with Crippen molar-refractivity contribution in [1.82, 2.24) is 15.1 Å². The molecular weight excluding hydrogens is 383 g/mol. The highest BCUT2D eigenvalue weighted by molar-refractivity contribution is 5.82. The first kappa shape index (κ1) is 20.2. The number of hydrogen-bond acceptors (Lipinski definition) is 3. The average Bonchev–Trinajstić information content (AvgIpc) is 3.33. The minimum Gasteiger partial charge on any atom is -0.342 e. The molecule has 0 unspecified atom stereocenters.